The van der Waals surface area contributed by atoms with Gasteiger partial charge in [0.25, 0.3) is 11.8 Å². The second-order valence-corrected chi connectivity index (χ2v) is 10.4. The van der Waals surface area contributed by atoms with Crippen LogP contribution in [0.1, 0.15) is 64.8 Å². The molecular formula is C29H33N5O2. The Morgan fingerprint density at radius 3 is 2.78 bits per heavy atom. The fourth-order valence-electron chi connectivity index (χ4n) is 5.60. The van der Waals surface area contributed by atoms with Crippen LogP contribution in [-0.4, -0.2) is 44.7 Å². The molecule has 186 valence electrons. The van der Waals surface area contributed by atoms with Gasteiger partial charge in [-0.25, -0.2) is 4.98 Å². The maximum atomic E-state index is 13.2. The average Bonchev–Trinajstić information content (AvgIpc) is 3.30. The normalized spacial score (nSPS) is 22.1. The van der Waals surface area contributed by atoms with Crippen molar-refractivity contribution in [2.75, 3.05) is 13.6 Å². The number of carbonyl (C=O) groups is 2. The van der Waals surface area contributed by atoms with Gasteiger partial charge in [0.2, 0.25) is 0 Å². The number of hydrogen-bond donors (Lipinski definition) is 1. The summed E-state index contributed by atoms with van der Waals surface area (Å²) in [5.74, 6) is 1.24. The minimum absolute atomic E-state index is 0.0873. The Hall–Kier alpha value is -3.70. The number of nitrogens with one attached hydrogen (secondary N) is 1. The number of pyridine rings is 2. The van der Waals surface area contributed by atoms with Crippen molar-refractivity contribution in [3.63, 3.8) is 0 Å². The van der Waals surface area contributed by atoms with Crippen LogP contribution in [-0.2, 0) is 13.0 Å². The van der Waals surface area contributed by atoms with Gasteiger partial charge in [0.1, 0.15) is 17.0 Å². The summed E-state index contributed by atoms with van der Waals surface area (Å²) in [6.07, 6.45) is 10.9. The highest BCUT2D eigenvalue weighted by Crippen LogP contribution is 2.61. The van der Waals surface area contributed by atoms with Crippen molar-refractivity contribution in [3.8, 4) is 0 Å². The Kier molecular flexibility index (Phi) is 6.50. The van der Waals surface area contributed by atoms with Gasteiger partial charge in [-0.05, 0) is 79.2 Å². The molecule has 0 bridgehead atoms. The molecule has 5 rings (SSSR count). The van der Waals surface area contributed by atoms with E-state index >= 15 is 0 Å². The Morgan fingerprint density at radius 2 is 2.08 bits per heavy atom. The maximum Gasteiger partial charge on any atom is 0.274 e. The topological polar surface area (TPSA) is 79.6 Å². The lowest BCUT2D eigenvalue weighted by molar-refractivity contribution is 0.0777. The first-order valence-electron chi connectivity index (χ1n) is 12.7. The zero-order chi connectivity index (χ0) is 25.3. The molecule has 3 aromatic heterocycles. The van der Waals surface area contributed by atoms with E-state index in [-0.39, 0.29) is 17.2 Å². The molecule has 0 radical (unpaired) electrons. The van der Waals surface area contributed by atoms with Crippen LogP contribution in [0.15, 0.2) is 61.1 Å². The predicted molar refractivity (Wildman–Crippen MR) is 139 cm³/mol. The summed E-state index contributed by atoms with van der Waals surface area (Å²) in [6.45, 7) is 6.80. The zero-order valence-electron chi connectivity index (χ0n) is 21.0. The molecule has 0 saturated heterocycles. The van der Waals surface area contributed by atoms with E-state index in [0.717, 1.165) is 48.8 Å². The van der Waals surface area contributed by atoms with Gasteiger partial charge in [0.15, 0.2) is 0 Å². The van der Waals surface area contributed by atoms with E-state index in [1.807, 2.05) is 24.4 Å². The zero-order valence-corrected chi connectivity index (χ0v) is 21.0. The SMILES string of the molecule is C=C=CCC1(CNC(=O)c2cccc3nc(C(=O)N(C)Cc4ccc(CC)cn4)cn23)CC2CC2C1. The second-order valence-electron chi connectivity index (χ2n) is 10.4. The van der Waals surface area contributed by atoms with Crippen molar-refractivity contribution in [1.29, 1.82) is 0 Å². The number of allylic oxidation sites excluding steroid dienone is 1. The number of carbonyl (C=O) groups excluding carboxylic acids is 2. The number of hydrogen-bond acceptors (Lipinski definition) is 4. The summed E-state index contributed by atoms with van der Waals surface area (Å²) >= 11 is 0. The van der Waals surface area contributed by atoms with E-state index in [0.29, 0.717) is 30.1 Å². The highest BCUT2D eigenvalue weighted by Gasteiger charge is 2.53. The lowest BCUT2D eigenvalue weighted by Gasteiger charge is -2.30. The number of aromatic nitrogens is 3. The standard InChI is InChI=1S/C29H33N5O2/c1-4-6-12-29(14-21-13-22(21)15-29)19-31-27(35)25-8-7-9-26-32-24(18-34(25)26)28(36)33(3)17-23-11-10-20(5-2)16-30-23/h6-11,16,18,21-22H,1,5,12-15,17,19H2,2-3H3,(H,31,35). The lowest BCUT2D eigenvalue weighted by atomic mass is 9.79. The highest BCUT2D eigenvalue weighted by molar-refractivity contribution is 5.95. The maximum absolute atomic E-state index is 13.2. The number of rotatable bonds is 9. The minimum Gasteiger partial charge on any atom is -0.350 e. The van der Waals surface area contributed by atoms with Gasteiger partial charge in [0, 0.05) is 26.0 Å². The van der Waals surface area contributed by atoms with Gasteiger partial charge in [-0.2, -0.15) is 0 Å². The molecule has 2 aliphatic carbocycles. The van der Waals surface area contributed by atoms with Crippen molar-refractivity contribution >= 4 is 17.5 Å². The molecule has 1 N–H and O–H groups in total. The first kappa shape index (κ1) is 24.0. The van der Waals surface area contributed by atoms with E-state index in [4.69, 9.17) is 0 Å². The van der Waals surface area contributed by atoms with Crippen LogP contribution in [0.5, 0.6) is 0 Å². The molecule has 2 aliphatic rings. The van der Waals surface area contributed by atoms with Crippen LogP contribution in [0.25, 0.3) is 5.65 Å². The molecule has 2 unspecified atom stereocenters. The third-order valence-corrected chi connectivity index (χ3v) is 7.75. The van der Waals surface area contributed by atoms with E-state index < -0.39 is 0 Å². The largest absolute Gasteiger partial charge is 0.350 e. The van der Waals surface area contributed by atoms with E-state index in [9.17, 15) is 9.59 Å². The van der Waals surface area contributed by atoms with Crippen molar-refractivity contribution in [2.24, 2.45) is 17.3 Å². The van der Waals surface area contributed by atoms with Crippen LogP contribution >= 0.6 is 0 Å². The molecule has 3 heterocycles. The molecule has 0 aliphatic heterocycles. The molecule has 2 fully saturated rings. The Balaban J connectivity index is 1.29. The molecule has 0 aromatic carbocycles. The third-order valence-electron chi connectivity index (χ3n) is 7.75. The first-order valence-corrected chi connectivity index (χ1v) is 12.7. The van der Waals surface area contributed by atoms with Crippen LogP contribution in [0, 0.1) is 17.3 Å². The molecule has 0 spiro atoms. The number of aryl methyl sites for hydroxylation is 1. The molecule has 36 heavy (non-hydrogen) atoms. The van der Waals surface area contributed by atoms with Gasteiger partial charge in [-0.15, -0.1) is 5.73 Å². The van der Waals surface area contributed by atoms with Gasteiger partial charge >= 0.3 is 0 Å². The highest BCUT2D eigenvalue weighted by atomic mass is 16.2. The summed E-state index contributed by atoms with van der Waals surface area (Å²) in [4.78, 5) is 36.9. The van der Waals surface area contributed by atoms with E-state index in [2.05, 4.69) is 34.5 Å². The van der Waals surface area contributed by atoms with Crippen molar-refractivity contribution in [3.05, 3.63) is 83.8 Å². The fraction of sp³-hybridized carbons (Fsp3) is 0.414. The first-order chi connectivity index (χ1) is 17.4. The molecule has 7 nitrogen and oxygen atoms in total. The molecule has 3 aromatic rings. The van der Waals surface area contributed by atoms with Gasteiger partial charge in [-0.3, -0.25) is 19.0 Å². The average molecular weight is 484 g/mol. The van der Waals surface area contributed by atoms with Crippen LogP contribution in [0.3, 0.4) is 0 Å². The summed E-state index contributed by atoms with van der Waals surface area (Å²) < 4.78 is 1.70. The van der Waals surface area contributed by atoms with Crippen LogP contribution in [0.4, 0.5) is 0 Å². The number of amides is 2. The summed E-state index contributed by atoms with van der Waals surface area (Å²) in [5.41, 5.74) is 6.29. The van der Waals surface area contributed by atoms with E-state index in [1.165, 1.54) is 6.42 Å². The van der Waals surface area contributed by atoms with E-state index in [1.54, 1.807) is 40.7 Å². The van der Waals surface area contributed by atoms with Crippen molar-refractivity contribution in [2.45, 2.75) is 45.6 Å². The molecule has 2 amide bonds. The summed E-state index contributed by atoms with van der Waals surface area (Å²) in [5, 5.41) is 3.17. The number of fused-ring (bicyclic) bond motifs is 2. The van der Waals surface area contributed by atoms with Gasteiger partial charge in [0.05, 0.1) is 12.2 Å². The number of imidazole rings is 1. The second kappa shape index (κ2) is 9.75. The van der Waals surface area contributed by atoms with Gasteiger partial charge in [-0.1, -0.05) is 25.6 Å². The quantitative estimate of drug-likeness (QED) is 0.457. The smallest absolute Gasteiger partial charge is 0.274 e. The Bertz CT molecular complexity index is 1330. The third kappa shape index (κ3) is 4.84. The van der Waals surface area contributed by atoms with Crippen LogP contribution < -0.4 is 5.32 Å². The Morgan fingerprint density at radius 1 is 1.28 bits per heavy atom. The molecule has 2 saturated carbocycles. The van der Waals surface area contributed by atoms with Gasteiger partial charge < -0.3 is 10.2 Å². The Labute approximate surface area is 211 Å². The predicted octanol–water partition coefficient (Wildman–Crippen LogP) is 4.44. The monoisotopic (exact) mass is 483 g/mol. The number of nitrogens with zero attached hydrogens (tertiary/aromatic N) is 4. The minimum atomic E-state index is -0.216. The fourth-order valence-corrected chi connectivity index (χ4v) is 5.60. The summed E-state index contributed by atoms with van der Waals surface area (Å²) in [7, 11) is 1.73. The van der Waals surface area contributed by atoms with Crippen molar-refractivity contribution in [1.82, 2.24) is 24.6 Å². The summed E-state index contributed by atoms with van der Waals surface area (Å²) in [6, 6.07) is 9.35. The molecule has 2 atom stereocenters. The lowest BCUT2D eigenvalue weighted by Crippen LogP contribution is -2.37. The van der Waals surface area contributed by atoms with Crippen LogP contribution in [0.2, 0.25) is 0 Å². The van der Waals surface area contributed by atoms with Crippen molar-refractivity contribution < 1.29 is 9.59 Å². The molecular weight excluding hydrogens is 450 g/mol. The molecule has 7 heteroatoms.